The summed E-state index contributed by atoms with van der Waals surface area (Å²) in [6.07, 6.45) is 0.999. The Hall–Kier alpha value is -1.08. The molecule has 4 nitrogen and oxygen atoms in total. The number of carbonyl (C=O) groups excluding carboxylic acids is 1. The summed E-state index contributed by atoms with van der Waals surface area (Å²) in [6.45, 7) is 8.89. The van der Waals surface area contributed by atoms with E-state index in [4.69, 9.17) is 10.00 Å². The van der Waals surface area contributed by atoms with Gasteiger partial charge in [0.25, 0.3) is 0 Å². The number of nitriles is 1. The van der Waals surface area contributed by atoms with Gasteiger partial charge in [-0.2, -0.15) is 5.26 Å². The van der Waals surface area contributed by atoms with Gasteiger partial charge < -0.3 is 10.1 Å². The molecule has 1 atom stereocenters. The Morgan fingerprint density at radius 3 is 2.44 bits per heavy atom. The van der Waals surface area contributed by atoms with Crippen LogP contribution in [0.1, 0.15) is 34.1 Å². The molecule has 0 aromatic carbocycles. The van der Waals surface area contributed by atoms with Gasteiger partial charge in [-0.05, 0) is 26.2 Å². The van der Waals surface area contributed by atoms with Gasteiger partial charge in [-0.25, -0.2) is 0 Å². The highest BCUT2D eigenvalue weighted by Gasteiger charge is 2.20. The largest absolute Gasteiger partial charge is 0.379 e. The van der Waals surface area contributed by atoms with Gasteiger partial charge >= 0.3 is 0 Å². The molecule has 1 unspecified atom stereocenters. The van der Waals surface area contributed by atoms with Crippen molar-refractivity contribution in [2.75, 3.05) is 13.2 Å². The smallest absolute Gasteiger partial charge is 0.237 e. The van der Waals surface area contributed by atoms with Gasteiger partial charge in [0.05, 0.1) is 12.2 Å². The van der Waals surface area contributed by atoms with Gasteiger partial charge in [-0.3, -0.25) is 4.79 Å². The van der Waals surface area contributed by atoms with Gasteiger partial charge in [-0.1, -0.05) is 13.8 Å². The molecule has 16 heavy (non-hydrogen) atoms. The third-order valence-electron chi connectivity index (χ3n) is 2.16. The Morgan fingerprint density at radius 2 is 2.00 bits per heavy atom. The van der Waals surface area contributed by atoms with E-state index in [9.17, 15) is 4.79 Å². The van der Waals surface area contributed by atoms with E-state index < -0.39 is 5.92 Å². The maximum Gasteiger partial charge on any atom is 0.237 e. The van der Waals surface area contributed by atoms with Crippen LogP contribution in [-0.4, -0.2) is 25.2 Å². The zero-order chi connectivity index (χ0) is 12.6. The molecule has 0 saturated carbocycles. The maximum atomic E-state index is 11.5. The van der Waals surface area contributed by atoms with E-state index in [0.29, 0.717) is 13.2 Å². The first-order chi connectivity index (χ1) is 7.49. The third-order valence-corrected chi connectivity index (χ3v) is 2.16. The SMILES string of the molecule is CC(C)OCCCNC(=O)C(C#N)C(C)C. The van der Waals surface area contributed by atoms with Gasteiger partial charge in [0.15, 0.2) is 0 Å². The maximum absolute atomic E-state index is 11.5. The van der Waals surface area contributed by atoms with Crippen molar-refractivity contribution in [3.63, 3.8) is 0 Å². The summed E-state index contributed by atoms with van der Waals surface area (Å²) in [4.78, 5) is 11.5. The highest BCUT2D eigenvalue weighted by molar-refractivity contribution is 5.81. The number of hydrogen-bond acceptors (Lipinski definition) is 3. The molecule has 0 aromatic rings. The predicted molar refractivity (Wildman–Crippen MR) is 62.7 cm³/mol. The minimum Gasteiger partial charge on any atom is -0.379 e. The van der Waals surface area contributed by atoms with Crippen molar-refractivity contribution < 1.29 is 9.53 Å². The van der Waals surface area contributed by atoms with Crippen LogP contribution in [0.4, 0.5) is 0 Å². The van der Waals surface area contributed by atoms with E-state index in [1.807, 2.05) is 33.8 Å². The van der Waals surface area contributed by atoms with Crippen molar-refractivity contribution in [1.29, 1.82) is 5.26 Å². The molecule has 1 N–H and O–H groups in total. The fourth-order valence-electron chi connectivity index (χ4n) is 1.22. The first kappa shape index (κ1) is 14.9. The second-order valence-electron chi connectivity index (χ2n) is 4.41. The van der Waals surface area contributed by atoms with Crippen LogP contribution in [0.2, 0.25) is 0 Å². The molecule has 0 saturated heterocycles. The first-order valence-corrected chi connectivity index (χ1v) is 5.78. The van der Waals surface area contributed by atoms with Crippen molar-refractivity contribution >= 4 is 5.91 Å². The highest BCUT2D eigenvalue weighted by atomic mass is 16.5. The van der Waals surface area contributed by atoms with Crippen LogP contribution >= 0.6 is 0 Å². The molecular formula is C12H22N2O2. The van der Waals surface area contributed by atoms with Crippen molar-refractivity contribution in [2.45, 2.75) is 40.2 Å². The summed E-state index contributed by atoms with van der Waals surface area (Å²) in [5, 5.41) is 11.6. The summed E-state index contributed by atoms with van der Waals surface area (Å²) < 4.78 is 5.34. The van der Waals surface area contributed by atoms with Gasteiger partial charge in [-0.15, -0.1) is 0 Å². The lowest BCUT2D eigenvalue weighted by molar-refractivity contribution is -0.124. The first-order valence-electron chi connectivity index (χ1n) is 5.78. The summed E-state index contributed by atoms with van der Waals surface area (Å²) in [5.74, 6) is -0.676. The molecule has 0 radical (unpaired) electrons. The highest BCUT2D eigenvalue weighted by Crippen LogP contribution is 2.09. The Kier molecular flexibility index (Phi) is 7.57. The molecule has 4 heteroatoms. The predicted octanol–water partition coefficient (Wildman–Crippen LogP) is 1.71. The minimum atomic E-state index is -0.550. The number of hydrogen-bond donors (Lipinski definition) is 1. The lowest BCUT2D eigenvalue weighted by Crippen LogP contribution is -2.33. The Bertz CT molecular complexity index is 244. The van der Waals surface area contributed by atoms with Crippen LogP contribution in [0.5, 0.6) is 0 Å². The number of rotatable bonds is 7. The van der Waals surface area contributed by atoms with Crippen molar-refractivity contribution in [2.24, 2.45) is 11.8 Å². The summed E-state index contributed by atoms with van der Waals surface area (Å²) >= 11 is 0. The van der Waals surface area contributed by atoms with Crippen LogP contribution in [-0.2, 0) is 9.53 Å². The number of carbonyl (C=O) groups is 1. The van der Waals surface area contributed by atoms with Gasteiger partial charge in [0.2, 0.25) is 5.91 Å². The topological polar surface area (TPSA) is 62.1 Å². The van der Waals surface area contributed by atoms with E-state index >= 15 is 0 Å². The van der Waals surface area contributed by atoms with Crippen LogP contribution < -0.4 is 5.32 Å². The molecule has 0 rings (SSSR count). The lowest BCUT2D eigenvalue weighted by atomic mass is 9.97. The van der Waals surface area contributed by atoms with E-state index in [-0.39, 0.29) is 17.9 Å². The Morgan fingerprint density at radius 1 is 1.38 bits per heavy atom. The van der Waals surface area contributed by atoms with Crippen LogP contribution in [0.3, 0.4) is 0 Å². The second kappa shape index (κ2) is 8.12. The van der Waals surface area contributed by atoms with Crippen molar-refractivity contribution in [3.8, 4) is 6.07 Å². The van der Waals surface area contributed by atoms with E-state index in [1.54, 1.807) is 0 Å². The molecule has 0 heterocycles. The number of nitrogens with zero attached hydrogens (tertiary/aromatic N) is 1. The molecule has 92 valence electrons. The molecule has 0 aliphatic carbocycles. The van der Waals surface area contributed by atoms with Gasteiger partial charge in [0, 0.05) is 13.2 Å². The van der Waals surface area contributed by atoms with Crippen LogP contribution in [0, 0.1) is 23.2 Å². The molecule has 0 bridgehead atoms. The van der Waals surface area contributed by atoms with Crippen LogP contribution in [0.25, 0.3) is 0 Å². The summed E-state index contributed by atoms with van der Waals surface area (Å²) in [7, 11) is 0. The molecule has 0 aliphatic rings. The molecule has 0 aromatic heterocycles. The lowest BCUT2D eigenvalue weighted by Gasteiger charge is -2.13. The Balaban J connectivity index is 3.69. The third kappa shape index (κ3) is 6.41. The summed E-state index contributed by atoms with van der Waals surface area (Å²) in [6, 6.07) is 2.02. The monoisotopic (exact) mass is 226 g/mol. The number of nitrogens with one attached hydrogen (secondary N) is 1. The fourth-order valence-corrected chi connectivity index (χ4v) is 1.22. The molecule has 0 spiro atoms. The van der Waals surface area contributed by atoms with Gasteiger partial charge in [0.1, 0.15) is 5.92 Å². The number of amides is 1. The molecule has 0 aliphatic heterocycles. The second-order valence-corrected chi connectivity index (χ2v) is 4.41. The van der Waals surface area contributed by atoms with Crippen molar-refractivity contribution in [3.05, 3.63) is 0 Å². The van der Waals surface area contributed by atoms with E-state index in [2.05, 4.69) is 5.32 Å². The van der Waals surface area contributed by atoms with Crippen molar-refractivity contribution in [1.82, 2.24) is 5.32 Å². The zero-order valence-corrected chi connectivity index (χ0v) is 10.6. The quantitative estimate of drug-likeness (QED) is 0.672. The van der Waals surface area contributed by atoms with E-state index in [1.165, 1.54) is 0 Å². The normalized spacial score (nSPS) is 12.6. The average Bonchev–Trinajstić information content (AvgIpc) is 2.17. The molecular weight excluding hydrogens is 204 g/mol. The summed E-state index contributed by atoms with van der Waals surface area (Å²) in [5.41, 5.74) is 0. The van der Waals surface area contributed by atoms with Crippen LogP contribution in [0.15, 0.2) is 0 Å². The fraction of sp³-hybridized carbons (Fsp3) is 0.833. The standard InChI is InChI=1S/C12H22N2O2/c1-9(2)11(8-13)12(15)14-6-5-7-16-10(3)4/h9-11H,5-7H2,1-4H3,(H,14,15). The Labute approximate surface area is 98.0 Å². The zero-order valence-electron chi connectivity index (χ0n) is 10.6. The number of ether oxygens (including phenoxy) is 1. The molecule has 1 amide bonds. The minimum absolute atomic E-state index is 0.0527. The average molecular weight is 226 g/mol. The van der Waals surface area contributed by atoms with E-state index in [0.717, 1.165) is 6.42 Å². The molecule has 0 fully saturated rings.